The number of furan rings is 1. The maximum Gasteiger partial charge on any atom is 0.371 e. The second-order valence-electron chi connectivity index (χ2n) is 3.03. The molecule has 1 aromatic rings. The lowest BCUT2D eigenvalue weighted by Crippen LogP contribution is -2.23. The van der Waals surface area contributed by atoms with Crippen molar-refractivity contribution >= 4 is 11.9 Å². The SMILES string of the molecule is C#CCCCNC(=O)c1ccc(C(=O)O)o1. The van der Waals surface area contributed by atoms with E-state index in [4.69, 9.17) is 15.9 Å². The zero-order valence-corrected chi connectivity index (χ0v) is 8.53. The number of carbonyl (C=O) groups is 2. The molecule has 0 atom stereocenters. The number of amides is 1. The van der Waals surface area contributed by atoms with Gasteiger partial charge in [-0.25, -0.2) is 4.79 Å². The average Bonchev–Trinajstić information content (AvgIpc) is 2.73. The Morgan fingerprint density at radius 2 is 2.12 bits per heavy atom. The molecule has 1 amide bonds. The van der Waals surface area contributed by atoms with Gasteiger partial charge < -0.3 is 14.8 Å². The van der Waals surface area contributed by atoms with Crippen molar-refractivity contribution < 1.29 is 19.1 Å². The molecule has 0 aromatic carbocycles. The molecule has 0 aliphatic carbocycles. The van der Waals surface area contributed by atoms with E-state index in [9.17, 15) is 9.59 Å². The Morgan fingerprint density at radius 3 is 2.69 bits per heavy atom. The largest absolute Gasteiger partial charge is 0.475 e. The van der Waals surface area contributed by atoms with Crippen molar-refractivity contribution in [3.8, 4) is 12.3 Å². The van der Waals surface area contributed by atoms with E-state index in [1.165, 1.54) is 12.1 Å². The van der Waals surface area contributed by atoms with Crippen molar-refractivity contribution in [1.82, 2.24) is 5.32 Å². The predicted octanol–water partition coefficient (Wildman–Crippen LogP) is 1.12. The summed E-state index contributed by atoms with van der Waals surface area (Å²) < 4.78 is 4.81. The summed E-state index contributed by atoms with van der Waals surface area (Å²) >= 11 is 0. The Morgan fingerprint density at radius 1 is 1.44 bits per heavy atom. The second kappa shape index (κ2) is 5.61. The number of nitrogens with one attached hydrogen (secondary N) is 1. The van der Waals surface area contributed by atoms with Crippen LogP contribution >= 0.6 is 0 Å². The molecular weight excluding hydrogens is 210 g/mol. The standard InChI is InChI=1S/C11H11NO4/c1-2-3-4-7-12-10(13)8-5-6-9(16-8)11(14)15/h1,5-6H,3-4,7H2,(H,12,13)(H,14,15). The van der Waals surface area contributed by atoms with E-state index in [2.05, 4.69) is 11.2 Å². The fourth-order valence-electron chi connectivity index (χ4n) is 1.05. The normalized spacial score (nSPS) is 9.44. The third kappa shape index (κ3) is 3.17. The first-order valence-electron chi connectivity index (χ1n) is 4.70. The van der Waals surface area contributed by atoms with Crippen LogP contribution in [-0.4, -0.2) is 23.5 Å². The Hall–Kier alpha value is -2.22. The van der Waals surface area contributed by atoms with Crippen LogP contribution in [-0.2, 0) is 0 Å². The number of terminal acetylenes is 1. The number of carbonyl (C=O) groups excluding carboxylic acids is 1. The first-order chi connectivity index (χ1) is 7.65. The molecule has 0 saturated carbocycles. The van der Waals surface area contributed by atoms with Crippen LogP contribution in [0.4, 0.5) is 0 Å². The number of unbranched alkanes of at least 4 members (excludes halogenated alkanes) is 1. The van der Waals surface area contributed by atoms with Gasteiger partial charge in [0.05, 0.1) is 0 Å². The number of aromatic carboxylic acids is 1. The van der Waals surface area contributed by atoms with Crippen molar-refractivity contribution in [2.24, 2.45) is 0 Å². The van der Waals surface area contributed by atoms with Crippen LogP contribution in [0.15, 0.2) is 16.5 Å². The van der Waals surface area contributed by atoms with Crippen LogP contribution in [0.2, 0.25) is 0 Å². The molecule has 0 bridgehead atoms. The fourth-order valence-corrected chi connectivity index (χ4v) is 1.05. The maximum absolute atomic E-state index is 11.4. The van der Waals surface area contributed by atoms with E-state index in [1.54, 1.807) is 0 Å². The zero-order valence-electron chi connectivity index (χ0n) is 8.53. The third-order valence-electron chi connectivity index (χ3n) is 1.82. The van der Waals surface area contributed by atoms with E-state index in [0.717, 1.165) is 0 Å². The highest BCUT2D eigenvalue weighted by atomic mass is 16.4. The van der Waals surface area contributed by atoms with Gasteiger partial charge in [-0.1, -0.05) is 0 Å². The highest BCUT2D eigenvalue weighted by molar-refractivity contribution is 5.93. The molecule has 0 saturated heterocycles. The lowest BCUT2D eigenvalue weighted by Gasteiger charge is -2.00. The van der Waals surface area contributed by atoms with Gasteiger partial charge in [-0.05, 0) is 18.6 Å². The second-order valence-corrected chi connectivity index (χ2v) is 3.03. The van der Waals surface area contributed by atoms with Gasteiger partial charge in [0.1, 0.15) is 0 Å². The van der Waals surface area contributed by atoms with E-state index in [1.807, 2.05) is 0 Å². The summed E-state index contributed by atoms with van der Waals surface area (Å²) in [6, 6.07) is 2.55. The molecule has 0 spiro atoms. The Balaban J connectivity index is 2.47. The number of rotatable bonds is 5. The smallest absolute Gasteiger partial charge is 0.371 e. The van der Waals surface area contributed by atoms with Crippen molar-refractivity contribution in [2.45, 2.75) is 12.8 Å². The Kier molecular flexibility index (Phi) is 4.16. The molecule has 5 nitrogen and oxygen atoms in total. The minimum Gasteiger partial charge on any atom is -0.475 e. The van der Waals surface area contributed by atoms with E-state index < -0.39 is 11.9 Å². The minimum atomic E-state index is -1.20. The molecule has 1 rings (SSSR count). The van der Waals surface area contributed by atoms with Crippen LogP contribution in [0.25, 0.3) is 0 Å². The quantitative estimate of drug-likeness (QED) is 0.576. The highest BCUT2D eigenvalue weighted by Gasteiger charge is 2.13. The molecule has 5 heteroatoms. The van der Waals surface area contributed by atoms with Crippen molar-refractivity contribution in [2.75, 3.05) is 6.54 Å². The van der Waals surface area contributed by atoms with Gasteiger partial charge in [-0.15, -0.1) is 12.3 Å². The van der Waals surface area contributed by atoms with E-state index >= 15 is 0 Å². The number of hydrogen-bond acceptors (Lipinski definition) is 3. The summed E-state index contributed by atoms with van der Waals surface area (Å²) in [6.07, 6.45) is 6.30. The topological polar surface area (TPSA) is 79.5 Å². The van der Waals surface area contributed by atoms with Crippen LogP contribution in [0.3, 0.4) is 0 Å². The van der Waals surface area contributed by atoms with Crippen molar-refractivity contribution in [1.29, 1.82) is 0 Å². The summed E-state index contributed by atoms with van der Waals surface area (Å²) in [4.78, 5) is 21.9. The Labute approximate surface area is 92.4 Å². The van der Waals surface area contributed by atoms with Gasteiger partial charge in [-0.3, -0.25) is 4.79 Å². The summed E-state index contributed by atoms with van der Waals surface area (Å²) in [5.41, 5.74) is 0. The van der Waals surface area contributed by atoms with Crippen molar-refractivity contribution in [3.05, 3.63) is 23.7 Å². The molecule has 2 N–H and O–H groups in total. The van der Waals surface area contributed by atoms with Crippen LogP contribution in [0.1, 0.15) is 34.0 Å². The summed E-state index contributed by atoms with van der Waals surface area (Å²) in [6.45, 7) is 0.437. The number of hydrogen-bond donors (Lipinski definition) is 2. The van der Waals surface area contributed by atoms with Crippen LogP contribution < -0.4 is 5.32 Å². The van der Waals surface area contributed by atoms with E-state index in [-0.39, 0.29) is 11.5 Å². The fraction of sp³-hybridized carbons (Fsp3) is 0.273. The summed E-state index contributed by atoms with van der Waals surface area (Å²) in [7, 11) is 0. The van der Waals surface area contributed by atoms with Gasteiger partial charge in [0.15, 0.2) is 5.76 Å². The average molecular weight is 221 g/mol. The van der Waals surface area contributed by atoms with Gasteiger partial charge in [-0.2, -0.15) is 0 Å². The third-order valence-corrected chi connectivity index (χ3v) is 1.82. The first-order valence-corrected chi connectivity index (χ1v) is 4.70. The number of carboxylic acid groups (broad SMARTS) is 1. The Bertz CT molecular complexity index is 427. The highest BCUT2D eigenvalue weighted by Crippen LogP contribution is 2.07. The van der Waals surface area contributed by atoms with Crippen molar-refractivity contribution in [3.63, 3.8) is 0 Å². The van der Waals surface area contributed by atoms with E-state index in [0.29, 0.717) is 19.4 Å². The maximum atomic E-state index is 11.4. The monoisotopic (exact) mass is 221 g/mol. The van der Waals surface area contributed by atoms with Gasteiger partial charge in [0, 0.05) is 13.0 Å². The van der Waals surface area contributed by atoms with Crippen LogP contribution in [0, 0.1) is 12.3 Å². The molecule has 0 aliphatic rings. The molecule has 0 radical (unpaired) electrons. The minimum absolute atomic E-state index is 0.0156. The van der Waals surface area contributed by atoms with Gasteiger partial charge >= 0.3 is 5.97 Å². The molecule has 16 heavy (non-hydrogen) atoms. The predicted molar refractivity (Wildman–Crippen MR) is 56.1 cm³/mol. The molecule has 1 heterocycles. The molecule has 84 valence electrons. The summed E-state index contributed by atoms with van der Waals surface area (Å²) in [5, 5.41) is 11.1. The van der Waals surface area contributed by atoms with Gasteiger partial charge in [0.25, 0.3) is 5.91 Å². The number of carboxylic acids is 1. The lowest BCUT2D eigenvalue weighted by molar-refractivity contribution is 0.0659. The van der Waals surface area contributed by atoms with Crippen LogP contribution in [0.5, 0.6) is 0 Å². The molecule has 0 aliphatic heterocycles. The molecule has 1 aromatic heterocycles. The first kappa shape index (κ1) is 11.9. The molecule has 0 unspecified atom stereocenters. The summed E-state index contributed by atoms with van der Waals surface area (Å²) in [5.74, 6) is 0.534. The zero-order chi connectivity index (χ0) is 12.0. The molecular formula is C11H11NO4. The van der Waals surface area contributed by atoms with Gasteiger partial charge in [0.2, 0.25) is 5.76 Å². The lowest BCUT2D eigenvalue weighted by atomic mass is 10.3. The molecule has 0 fully saturated rings.